The molecule has 3 heteroatoms. The van der Waals surface area contributed by atoms with E-state index in [0.29, 0.717) is 12.5 Å². The van der Waals surface area contributed by atoms with E-state index in [1.807, 2.05) is 7.05 Å². The number of carbonyl (C=O) groups excluding carboxylic acids is 1. The minimum absolute atomic E-state index is 0.109. The molecule has 0 aliphatic rings. The third kappa shape index (κ3) is 4.79. The highest BCUT2D eigenvalue weighted by Gasteiger charge is 2.04. The van der Waals surface area contributed by atoms with Gasteiger partial charge in [-0.2, -0.15) is 0 Å². The van der Waals surface area contributed by atoms with Crippen molar-refractivity contribution in [2.45, 2.75) is 26.3 Å². The lowest BCUT2D eigenvalue weighted by atomic mass is 10.3. The van der Waals surface area contributed by atoms with Crippen molar-refractivity contribution < 1.29 is 4.79 Å². The highest BCUT2D eigenvalue weighted by Crippen LogP contribution is 1.94. The number of nitrogens with zero attached hydrogens (tertiary/aromatic N) is 1. The van der Waals surface area contributed by atoms with Gasteiger partial charge in [0.15, 0.2) is 0 Å². The molecule has 0 aromatic carbocycles. The molecule has 0 radical (unpaired) electrons. The first-order valence-corrected chi connectivity index (χ1v) is 3.98. The number of amides is 1. The van der Waals surface area contributed by atoms with Crippen LogP contribution in [0.5, 0.6) is 0 Å². The highest BCUT2D eigenvalue weighted by molar-refractivity contribution is 5.75. The minimum Gasteiger partial charge on any atom is -0.359 e. The monoisotopic (exact) mass is 158 g/mol. The van der Waals surface area contributed by atoms with Crippen molar-refractivity contribution >= 4 is 5.91 Å². The van der Waals surface area contributed by atoms with Crippen LogP contribution in [0.3, 0.4) is 0 Å². The summed E-state index contributed by atoms with van der Waals surface area (Å²) in [6.07, 6.45) is 0.588. The molecule has 0 aromatic rings. The van der Waals surface area contributed by atoms with Gasteiger partial charge in [0.25, 0.3) is 0 Å². The quantitative estimate of drug-likeness (QED) is 0.644. The Balaban J connectivity index is 3.45. The molecule has 0 spiro atoms. The van der Waals surface area contributed by atoms with Gasteiger partial charge in [0.05, 0.1) is 0 Å². The number of carbonyl (C=O) groups is 1. The zero-order valence-corrected chi connectivity index (χ0v) is 7.85. The summed E-state index contributed by atoms with van der Waals surface area (Å²) in [6.45, 7) is 5.06. The molecule has 0 bridgehead atoms. The lowest BCUT2D eigenvalue weighted by Gasteiger charge is -2.19. The SMILES string of the molecule is CNC(=O)CCN(C)C(C)C. The van der Waals surface area contributed by atoms with E-state index in [1.54, 1.807) is 7.05 Å². The van der Waals surface area contributed by atoms with Crippen LogP contribution in [0.25, 0.3) is 0 Å². The predicted octanol–water partition coefficient (Wildman–Crippen LogP) is 0.463. The molecular weight excluding hydrogens is 140 g/mol. The highest BCUT2D eigenvalue weighted by atomic mass is 16.1. The van der Waals surface area contributed by atoms with E-state index in [-0.39, 0.29) is 5.91 Å². The fraction of sp³-hybridized carbons (Fsp3) is 0.875. The van der Waals surface area contributed by atoms with Crippen LogP contribution in [0.4, 0.5) is 0 Å². The lowest BCUT2D eigenvalue weighted by Crippen LogP contribution is -2.31. The molecule has 0 aliphatic carbocycles. The number of hydrogen-bond acceptors (Lipinski definition) is 2. The lowest BCUT2D eigenvalue weighted by molar-refractivity contribution is -0.120. The van der Waals surface area contributed by atoms with E-state index >= 15 is 0 Å². The van der Waals surface area contributed by atoms with E-state index < -0.39 is 0 Å². The van der Waals surface area contributed by atoms with E-state index in [0.717, 1.165) is 6.54 Å². The Hall–Kier alpha value is -0.570. The average molecular weight is 158 g/mol. The topological polar surface area (TPSA) is 32.3 Å². The van der Waals surface area contributed by atoms with Crippen molar-refractivity contribution in [1.29, 1.82) is 0 Å². The Morgan fingerprint density at radius 1 is 1.55 bits per heavy atom. The molecule has 11 heavy (non-hydrogen) atoms. The third-order valence-corrected chi connectivity index (χ3v) is 1.85. The molecular formula is C8H18N2O. The van der Waals surface area contributed by atoms with Gasteiger partial charge < -0.3 is 10.2 Å². The van der Waals surface area contributed by atoms with Crippen LogP contribution in [0.15, 0.2) is 0 Å². The van der Waals surface area contributed by atoms with Crippen LogP contribution in [0.1, 0.15) is 20.3 Å². The molecule has 0 rings (SSSR count). The number of hydrogen-bond donors (Lipinski definition) is 1. The van der Waals surface area contributed by atoms with Crippen molar-refractivity contribution in [2.75, 3.05) is 20.6 Å². The van der Waals surface area contributed by atoms with Gasteiger partial charge in [0.2, 0.25) is 5.91 Å². The smallest absolute Gasteiger partial charge is 0.221 e. The van der Waals surface area contributed by atoms with Gasteiger partial charge in [-0.15, -0.1) is 0 Å². The summed E-state index contributed by atoms with van der Waals surface area (Å²) in [6, 6.07) is 0.514. The van der Waals surface area contributed by atoms with Gasteiger partial charge in [-0.1, -0.05) is 0 Å². The molecule has 3 nitrogen and oxygen atoms in total. The van der Waals surface area contributed by atoms with Crippen molar-refractivity contribution in [3.63, 3.8) is 0 Å². The molecule has 66 valence electrons. The molecule has 0 aliphatic heterocycles. The molecule has 0 fully saturated rings. The van der Waals surface area contributed by atoms with Gasteiger partial charge in [-0.05, 0) is 20.9 Å². The zero-order chi connectivity index (χ0) is 8.85. The largest absolute Gasteiger partial charge is 0.359 e. The first-order valence-electron chi connectivity index (χ1n) is 3.98. The van der Waals surface area contributed by atoms with Crippen molar-refractivity contribution in [2.24, 2.45) is 0 Å². The minimum atomic E-state index is 0.109. The van der Waals surface area contributed by atoms with Gasteiger partial charge in [0.1, 0.15) is 0 Å². The summed E-state index contributed by atoms with van der Waals surface area (Å²) in [7, 11) is 3.69. The van der Waals surface area contributed by atoms with Crippen LogP contribution < -0.4 is 5.32 Å². The molecule has 0 saturated heterocycles. The van der Waals surface area contributed by atoms with Crippen molar-refractivity contribution in [1.82, 2.24) is 10.2 Å². The van der Waals surface area contributed by atoms with Crippen LogP contribution in [-0.2, 0) is 4.79 Å². The summed E-state index contributed by atoms with van der Waals surface area (Å²) >= 11 is 0. The van der Waals surface area contributed by atoms with Crippen LogP contribution in [-0.4, -0.2) is 37.5 Å². The van der Waals surface area contributed by atoms with Crippen molar-refractivity contribution in [3.05, 3.63) is 0 Å². The summed E-state index contributed by atoms with van der Waals surface area (Å²) in [5, 5.41) is 2.59. The normalized spacial score (nSPS) is 10.7. The second-order valence-electron chi connectivity index (χ2n) is 3.00. The van der Waals surface area contributed by atoms with E-state index in [2.05, 4.69) is 24.1 Å². The van der Waals surface area contributed by atoms with E-state index in [4.69, 9.17) is 0 Å². The van der Waals surface area contributed by atoms with Crippen LogP contribution >= 0.6 is 0 Å². The molecule has 0 atom stereocenters. The maximum Gasteiger partial charge on any atom is 0.221 e. The summed E-state index contributed by atoms with van der Waals surface area (Å²) < 4.78 is 0. The van der Waals surface area contributed by atoms with Gasteiger partial charge in [-0.3, -0.25) is 4.79 Å². The Kier molecular flexibility index (Phi) is 4.86. The zero-order valence-electron chi connectivity index (χ0n) is 7.85. The second-order valence-corrected chi connectivity index (χ2v) is 3.00. The number of nitrogens with one attached hydrogen (secondary N) is 1. The maximum absolute atomic E-state index is 10.8. The third-order valence-electron chi connectivity index (χ3n) is 1.85. The first kappa shape index (κ1) is 10.4. The van der Waals surface area contributed by atoms with E-state index in [1.165, 1.54) is 0 Å². The molecule has 1 N–H and O–H groups in total. The standard InChI is InChI=1S/C8H18N2O/c1-7(2)10(4)6-5-8(11)9-3/h7H,5-6H2,1-4H3,(H,9,11). The first-order chi connectivity index (χ1) is 5.07. The fourth-order valence-electron chi connectivity index (χ4n) is 0.661. The summed E-state index contributed by atoms with van der Waals surface area (Å²) in [4.78, 5) is 12.9. The second kappa shape index (κ2) is 5.13. The molecule has 1 amide bonds. The molecule has 0 heterocycles. The summed E-state index contributed by atoms with van der Waals surface area (Å²) in [5.41, 5.74) is 0. The fourth-order valence-corrected chi connectivity index (χ4v) is 0.661. The molecule has 0 saturated carbocycles. The Bertz CT molecular complexity index is 123. The molecule has 0 aromatic heterocycles. The predicted molar refractivity (Wildman–Crippen MR) is 46.4 cm³/mol. The van der Waals surface area contributed by atoms with Gasteiger partial charge in [0, 0.05) is 26.1 Å². The average Bonchev–Trinajstić information content (AvgIpc) is 1.99. The van der Waals surface area contributed by atoms with E-state index in [9.17, 15) is 4.79 Å². The van der Waals surface area contributed by atoms with Crippen molar-refractivity contribution in [3.8, 4) is 0 Å². The summed E-state index contributed by atoms with van der Waals surface area (Å²) in [5.74, 6) is 0.109. The van der Waals surface area contributed by atoms with Crippen LogP contribution in [0.2, 0.25) is 0 Å². The number of rotatable bonds is 4. The Labute approximate surface area is 68.8 Å². The Morgan fingerprint density at radius 2 is 2.09 bits per heavy atom. The van der Waals surface area contributed by atoms with Crippen LogP contribution in [0, 0.1) is 0 Å². The Morgan fingerprint density at radius 3 is 2.45 bits per heavy atom. The van der Waals surface area contributed by atoms with Gasteiger partial charge in [-0.25, -0.2) is 0 Å². The van der Waals surface area contributed by atoms with Gasteiger partial charge >= 0.3 is 0 Å². The molecule has 0 unspecified atom stereocenters. The maximum atomic E-state index is 10.8.